The van der Waals surface area contributed by atoms with Crippen LogP contribution in [0, 0.1) is 23.7 Å². The van der Waals surface area contributed by atoms with E-state index in [1.807, 2.05) is 0 Å². The molecule has 2 heteroatoms. The molecule has 0 saturated heterocycles. The molecule has 2 aliphatic carbocycles. The molecule has 0 aromatic rings. The molecule has 1 N–H and O–H groups in total. The molecule has 0 heterocycles. The molecule has 2 saturated carbocycles. The quantitative estimate of drug-likeness (QED) is 0.628. The van der Waals surface area contributed by atoms with Crippen LogP contribution < -0.4 is 0 Å². The highest BCUT2D eigenvalue weighted by Gasteiger charge is 2.58. The highest BCUT2D eigenvalue weighted by atomic mass is 16.4. The van der Waals surface area contributed by atoms with E-state index >= 15 is 0 Å². The summed E-state index contributed by atoms with van der Waals surface area (Å²) in [6, 6.07) is 0. The molecule has 0 aromatic heterocycles. The third-order valence-corrected chi connectivity index (χ3v) is 2.90. The van der Waals surface area contributed by atoms with Crippen LogP contribution in [0.25, 0.3) is 0 Å². The zero-order valence-electron chi connectivity index (χ0n) is 6.08. The van der Waals surface area contributed by atoms with Crippen LogP contribution in [0.1, 0.15) is 19.8 Å². The molecule has 0 bridgehead atoms. The number of carbonyl (C=O) groups is 1. The normalized spacial score (nSPS) is 45.1. The van der Waals surface area contributed by atoms with Gasteiger partial charge in [0.25, 0.3) is 0 Å². The maximum atomic E-state index is 10.5. The molecule has 0 aromatic carbocycles. The van der Waals surface area contributed by atoms with E-state index in [-0.39, 0.29) is 5.92 Å². The number of hydrogen-bond acceptors (Lipinski definition) is 1. The first-order valence-corrected chi connectivity index (χ1v) is 3.94. The molecule has 2 aliphatic rings. The lowest BCUT2D eigenvalue weighted by molar-refractivity contribution is -0.139. The topological polar surface area (TPSA) is 37.3 Å². The van der Waals surface area contributed by atoms with Crippen molar-refractivity contribution >= 4 is 5.97 Å². The Bertz CT molecular complexity index is 172. The van der Waals surface area contributed by atoms with E-state index in [1.165, 1.54) is 12.8 Å². The van der Waals surface area contributed by atoms with Gasteiger partial charge in [-0.25, -0.2) is 0 Å². The smallest absolute Gasteiger partial charge is 0.307 e. The van der Waals surface area contributed by atoms with Crippen molar-refractivity contribution < 1.29 is 9.90 Å². The molecule has 3 atom stereocenters. The number of rotatable bonds is 2. The summed E-state index contributed by atoms with van der Waals surface area (Å²) in [5.74, 6) is 1.20. The minimum Gasteiger partial charge on any atom is -0.481 e. The van der Waals surface area contributed by atoms with E-state index in [0.29, 0.717) is 11.8 Å². The molecule has 10 heavy (non-hydrogen) atoms. The van der Waals surface area contributed by atoms with Gasteiger partial charge in [-0.05, 0) is 30.6 Å². The van der Waals surface area contributed by atoms with Crippen LogP contribution in [0.4, 0.5) is 0 Å². The van der Waals surface area contributed by atoms with Gasteiger partial charge >= 0.3 is 5.97 Å². The summed E-state index contributed by atoms with van der Waals surface area (Å²) in [5.41, 5.74) is 0. The van der Waals surface area contributed by atoms with Crippen LogP contribution >= 0.6 is 0 Å². The minimum atomic E-state index is -0.579. The van der Waals surface area contributed by atoms with Crippen molar-refractivity contribution in [1.29, 1.82) is 0 Å². The molecule has 3 unspecified atom stereocenters. The molecular formula is C8H12O2. The van der Waals surface area contributed by atoms with Gasteiger partial charge in [-0.15, -0.1) is 0 Å². The van der Waals surface area contributed by atoms with Gasteiger partial charge in [-0.2, -0.15) is 0 Å². The van der Waals surface area contributed by atoms with Gasteiger partial charge in [-0.3, -0.25) is 4.79 Å². The van der Waals surface area contributed by atoms with E-state index in [1.54, 1.807) is 0 Å². The first-order chi connectivity index (χ1) is 4.72. The summed E-state index contributed by atoms with van der Waals surface area (Å²) in [7, 11) is 0. The van der Waals surface area contributed by atoms with E-state index in [4.69, 9.17) is 5.11 Å². The van der Waals surface area contributed by atoms with E-state index in [9.17, 15) is 4.79 Å². The van der Waals surface area contributed by atoms with E-state index < -0.39 is 5.97 Å². The SMILES string of the molecule is CC1C(C(=O)O)C1C1CC1. The molecule has 56 valence electrons. The highest BCUT2D eigenvalue weighted by Crippen LogP contribution is 2.58. The van der Waals surface area contributed by atoms with Crippen molar-refractivity contribution in [2.45, 2.75) is 19.8 Å². The summed E-state index contributed by atoms with van der Waals surface area (Å²) in [4.78, 5) is 10.5. The second kappa shape index (κ2) is 1.74. The average Bonchev–Trinajstić information content (AvgIpc) is 2.57. The number of aliphatic carboxylic acids is 1. The maximum Gasteiger partial charge on any atom is 0.307 e. The lowest BCUT2D eigenvalue weighted by Gasteiger charge is -1.87. The van der Waals surface area contributed by atoms with Gasteiger partial charge in [0.05, 0.1) is 5.92 Å². The number of hydrogen-bond donors (Lipinski definition) is 1. The summed E-state index contributed by atoms with van der Waals surface area (Å²) < 4.78 is 0. The van der Waals surface area contributed by atoms with Crippen molar-refractivity contribution in [3.05, 3.63) is 0 Å². The average molecular weight is 140 g/mol. The van der Waals surface area contributed by atoms with Crippen molar-refractivity contribution in [3.63, 3.8) is 0 Å². The molecule has 0 aliphatic heterocycles. The van der Waals surface area contributed by atoms with Crippen LogP contribution in [0.15, 0.2) is 0 Å². The standard InChI is InChI=1S/C8H12O2/c1-4-6(5-2-3-5)7(4)8(9)10/h4-7H,2-3H2,1H3,(H,9,10). The van der Waals surface area contributed by atoms with Crippen LogP contribution in [-0.2, 0) is 4.79 Å². The van der Waals surface area contributed by atoms with Crippen LogP contribution in [-0.4, -0.2) is 11.1 Å². The Balaban J connectivity index is 1.96. The zero-order chi connectivity index (χ0) is 7.30. The third kappa shape index (κ3) is 0.746. The Morgan fingerprint density at radius 3 is 2.40 bits per heavy atom. The Labute approximate surface area is 60.2 Å². The Morgan fingerprint density at radius 2 is 2.10 bits per heavy atom. The predicted molar refractivity (Wildman–Crippen MR) is 36.5 cm³/mol. The van der Waals surface area contributed by atoms with Gasteiger partial charge in [0.1, 0.15) is 0 Å². The largest absolute Gasteiger partial charge is 0.481 e. The van der Waals surface area contributed by atoms with Gasteiger partial charge < -0.3 is 5.11 Å². The van der Waals surface area contributed by atoms with Crippen LogP contribution in [0.3, 0.4) is 0 Å². The minimum absolute atomic E-state index is 0.00694. The fraction of sp³-hybridized carbons (Fsp3) is 0.875. The van der Waals surface area contributed by atoms with E-state index in [2.05, 4.69) is 6.92 Å². The molecule has 2 nitrogen and oxygen atoms in total. The second-order valence-electron chi connectivity index (χ2n) is 3.64. The Hall–Kier alpha value is -0.530. The second-order valence-corrected chi connectivity index (χ2v) is 3.64. The van der Waals surface area contributed by atoms with Gasteiger partial charge in [0.15, 0.2) is 0 Å². The van der Waals surface area contributed by atoms with Crippen LogP contribution in [0.2, 0.25) is 0 Å². The van der Waals surface area contributed by atoms with Gasteiger partial charge in [0.2, 0.25) is 0 Å². The molecule has 0 spiro atoms. The zero-order valence-corrected chi connectivity index (χ0v) is 6.08. The molecule has 0 amide bonds. The monoisotopic (exact) mass is 140 g/mol. The van der Waals surface area contributed by atoms with Crippen LogP contribution in [0.5, 0.6) is 0 Å². The van der Waals surface area contributed by atoms with Crippen molar-refractivity contribution in [3.8, 4) is 0 Å². The lowest BCUT2D eigenvalue weighted by atomic mass is 10.2. The highest BCUT2D eigenvalue weighted by molar-refractivity contribution is 5.74. The Kier molecular flexibility index (Phi) is 1.08. The molecule has 2 fully saturated rings. The van der Waals surface area contributed by atoms with Gasteiger partial charge in [-0.1, -0.05) is 6.92 Å². The molecular weight excluding hydrogens is 128 g/mol. The van der Waals surface area contributed by atoms with Crippen molar-refractivity contribution in [2.75, 3.05) is 0 Å². The number of carboxylic acids is 1. The Morgan fingerprint density at radius 1 is 1.50 bits per heavy atom. The molecule has 2 rings (SSSR count). The van der Waals surface area contributed by atoms with E-state index in [0.717, 1.165) is 5.92 Å². The lowest BCUT2D eigenvalue weighted by Crippen LogP contribution is -2.00. The first-order valence-electron chi connectivity index (χ1n) is 3.94. The maximum absolute atomic E-state index is 10.5. The fourth-order valence-corrected chi connectivity index (χ4v) is 2.09. The van der Waals surface area contributed by atoms with Gasteiger partial charge in [0, 0.05) is 0 Å². The fourth-order valence-electron chi connectivity index (χ4n) is 2.09. The summed E-state index contributed by atoms with van der Waals surface area (Å²) >= 11 is 0. The van der Waals surface area contributed by atoms with Crippen molar-refractivity contribution in [2.24, 2.45) is 23.7 Å². The summed E-state index contributed by atoms with van der Waals surface area (Å²) in [6.07, 6.45) is 2.55. The molecule has 0 radical (unpaired) electrons. The first kappa shape index (κ1) is 6.20. The number of carboxylic acid groups (broad SMARTS) is 1. The predicted octanol–water partition coefficient (Wildman–Crippen LogP) is 1.36. The summed E-state index contributed by atoms with van der Waals surface area (Å²) in [6.45, 7) is 2.06. The summed E-state index contributed by atoms with van der Waals surface area (Å²) in [5, 5.41) is 8.67. The van der Waals surface area contributed by atoms with Crippen molar-refractivity contribution in [1.82, 2.24) is 0 Å². The third-order valence-electron chi connectivity index (χ3n) is 2.90.